The minimum Gasteiger partial charge on any atom is -0.496 e. The van der Waals surface area contributed by atoms with Crippen LogP contribution in [0.2, 0.25) is 5.02 Å². The Hall–Kier alpha value is -1.99. The number of amides is 2. The summed E-state index contributed by atoms with van der Waals surface area (Å²) in [5, 5.41) is 3.35. The van der Waals surface area contributed by atoms with E-state index in [1.54, 1.807) is 7.11 Å². The lowest BCUT2D eigenvalue weighted by Gasteiger charge is -2.37. The van der Waals surface area contributed by atoms with Crippen LogP contribution in [-0.4, -0.2) is 68.2 Å². The maximum Gasteiger partial charge on any atom is 0.407 e. The Bertz CT molecular complexity index is 675. The molecule has 0 saturated carbocycles. The van der Waals surface area contributed by atoms with Gasteiger partial charge in [0.15, 0.2) is 0 Å². The number of rotatable bonds is 7. The maximum absolute atomic E-state index is 12.9. The van der Waals surface area contributed by atoms with E-state index in [9.17, 15) is 9.59 Å². The number of nitrogens with zero attached hydrogens (tertiary/aromatic N) is 2. The molecule has 1 unspecified atom stereocenters. The van der Waals surface area contributed by atoms with Crippen LogP contribution in [0, 0.1) is 5.92 Å². The average Bonchev–Trinajstić information content (AvgIpc) is 2.67. The molecule has 1 fully saturated rings. The number of nitrogens with one attached hydrogen (secondary N) is 1. The summed E-state index contributed by atoms with van der Waals surface area (Å²) in [5.41, 5.74) is 1.03. The lowest BCUT2D eigenvalue weighted by Crippen LogP contribution is -2.55. The number of hydrogen-bond acceptors (Lipinski definition) is 5. The lowest BCUT2D eigenvalue weighted by atomic mass is 10.0. The van der Waals surface area contributed by atoms with Crippen LogP contribution in [0.1, 0.15) is 25.8 Å². The van der Waals surface area contributed by atoms with Crippen LogP contribution < -0.4 is 10.1 Å². The average molecular weight is 412 g/mol. The minimum atomic E-state index is -0.578. The Morgan fingerprint density at radius 1 is 1.18 bits per heavy atom. The molecule has 0 aliphatic carbocycles. The predicted octanol–water partition coefficient (Wildman–Crippen LogP) is 2.76. The molecule has 2 amide bonds. The fourth-order valence-electron chi connectivity index (χ4n) is 3.35. The predicted molar refractivity (Wildman–Crippen MR) is 109 cm³/mol. The lowest BCUT2D eigenvalue weighted by molar-refractivity contribution is -0.135. The van der Waals surface area contributed by atoms with Crippen molar-refractivity contribution < 1.29 is 19.1 Å². The van der Waals surface area contributed by atoms with Gasteiger partial charge in [0.25, 0.3) is 0 Å². The largest absolute Gasteiger partial charge is 0.496 e. The molecule has 0 spiro atoms. The number of alkyl carbamates (subject to hydrolysis) is 1. The minimum absolute atomic E-state index is 0.0564. The molecule has 2 rings (SSSR count). The first kappa shape index (κ1) is 22.3. The van der Waals surface area contributed by atoms with Crippen molar-refractivity contribution in [2.75, 3.05) is 40.4 Å². The number of halogens is 1. The topological polar surface area (TPSA) is 71.1 Å². The first-order valence-electron chi connectivity index (χ1n) is 9.52. The summed E-state index contributed by atoms with van der Waals surface area (Å²) in [6.45, 7) is 7.47. The van der Waals surface area contributed by atoms with E-state index in [2.05, 4.69) is 15.0 Å². The SMILES string of the molecule is COC(=O)NC(CC(C)C)C(=O)N1CCN(Cc2cc(Cl)ccc2OC)CC1. The van der Waals surface area contributed by atoms with Crippen LogP contribution >= 0.6 is 11.6 Å². The highest BCUT2D eigenvalue weighted by atomic mass is 35.5. The molecular formula is C20H30ClN3O4. The summed E-state index contributed by atoms with van der Waals surface area (Å²) in [4.78, 5) is 28.6. The first-order valence-corrected chi connectivity index (χ1v) is 9.89. The number of carbonyl (C=O) groups excluding carboxylic acids is 2. The highest BCUT2D eigenvalue weighted by Gasteiger charge is 2.29. The van der Waals surface area contributed by atoms with E-state index in [1.807, 2.05) is 36.9 Å². The van der Waals surface area contributed by atoms with Crippen molar-refractivity contribution in [1.29, 1.82) is 0 Å². The quantitative estimate of drug-likeness (QED) is 0.747. The van der Waals surface area contributed by atoms with Gasteiger partial charge in [-0.25, -0.2) is 4.79 Å². The van der Waals surface area contributed by atoms with Gasteiger partial charge in [-0.1, -0.05) is 25.4 Å². The van der Waals surface area contributed by atoms with Gasteiger partial charge in [-0.3, -0.25) is 9.69 Å². The summed E-state index contributed by atoms with van der Waals surface area (Å²) in [6, 6.07) is 5.03. The Kier molecular flexibility index (Phi) is 8.38. The molecule has 1 heterocycles. The van der Waals surface area contributed by atoms with E-state index >= 15 is 0 Å². The van der Waals surface area contributed by atoms with E-state index in [4.69, 9.17) is 16.3 Å². The van der Waals surface area contributed by atoms with Crippen molar-refractivity contribution >= 4 is 23.6 Å². The fraction of sp³-hybridized carbons (Fsp3) is 0.600. The molecule has 1 aliphatic heterocycles. The second-order valence-electron chi connectivity index (χ2n) is 7.38. The van der Waals surface area contributed by atoms with Gasteiger partial charge in [0, 0.05) is 43.3 Å². The molecule has 0 radical (unpaired) electrons. The highest BCUT2D eigenvalue weighted by molar-refractivity contribution is 6.30. The van der Waals surface area contributed by atoms with Gasteiger partial charge in [0.2, 0.25) is 5.91 Å². The molecule has 1 aliphatic rings. The normalized spacial score (nSPS) is 16.0. The van der Waals surface area contributed by atoms with Crippen molar-refractivity contribution in [1.82, 2.24) is 15.1 Å². The third kappa shape index (κ3) is 6.27. The number of methoxy groups -OCH3 is 2. The van der Waals surface area contributed by atoms with Crippen molar-refractivity contribution in [3.05, 3.63) is 28.8 Å². The fourth-order valence-corrected chi connectivity index (χ4v) is 3.55. The first-order chi connectivity index (χ1) is 13.3. The summed E-state index contributed by atoms with van der Waals surface area (Å²) >= 11 is 6.11. The summed E-state index contributed by atoms with van der Waals surface area (Å²) in [5.74, 6) is 1.03. The van der Waals surface area contributed by atoms with Gasteiger partial charge < -0.3 is 19.7 Å². The van der Waals surface area contributed by atoms with E-state index in [0.717, 1.165) is 24.4 Å². The number of hydrogen-bond donors (Lipinski definition) is 1. The molecule has 1 atom stereocenters. The van der Waals surface area contributed by atoms with Crippen LogP contribution in [0.3, 0.4) is 0 Å². The number of piperazine rings is 1. The third-order valence-electron chi connectivity index (χ3n) is 4.80. The second kappa shape index (κ2) is 10.5. The second-order valence-corrected chi connectivity index (χ2v) is 7.81. The Morgan fingerprint density at radius 3 is 2.43 bits per heavy atom. The molecule has 156 valence electrons. The van der Waals surface area contributed by atoms with Crippen LogP contribution in [0.4, 0.5) is 4.79 Å². The van der Waals surface area contributed by atoms with E-state index in [-0.39, 0.29) is 11.8 Å². The standard InChI is InChI=1S/C20H30ClN3O4/c1-14(2)11-17(22-20(26)28-4)19(25)24-9-7-23(8-10-24)13-15-12-16(21)5-6-18(15)27-3/h5-6,12,14,17H,7-11,13H2,1-4H3,(H,22,26). The Balaban J connectivity index is 1.95. The van der Waals surface area contributed by atoms with Gasteiger partial charge >= 0.3 is 6.09 Å². The summed E-state index contributed by atoms with van der Waals surface area (Å²) in [7, 11) is 2.95. The monoisotopic (exact) mass is 411 g/mol. The molecule has 0 aromatic heterocycles. The molecule has 1 saturated heterocycles. The van der Waals surface area contributed by atoms with Crippen molar-refractivity contribution in [2.24, 2.45) is 5.92 Å². The molecule has 1 aromatic rings. The molecule has 8 heteroatoms. The van der Waals surface area contributed by atoms with Gasteiger partial charge in [-0.05, 0) is 30.5 Å². The molecule has 0 bridgehead atoms. The zero-order valence-corrected chi connectivity index (χ0v) is 17.8. The van der Waals surface area contributed by atoms with Crippen LogP contribution in [0.15, 0.2) is 18.2 Å². The van der Waals surface area contributed by atoms with E-state index < -0.39 is 12.1 Å². The van der Waals surface area contributed by atoms with Gasteiger partial charge in [-0.2, -0.15) is 0 Å². The molecule has 28 heavy (non-hydrogen) atoms. The third-order valence-corrected chi connectivity index (χ3v) is 5.04. The molecular weight excluding hydrogens is 382 g/mol. The van der Waals surface area contributed by atoms with Crippen molar-refractivity contribution in [3.8, 4) is 5.75 Å². The Labute approximate surface area is 171 Å². The summed E-state index contributed by atoms with van der Waals surface area (Å²) in [6.07, 6.45) is -0.000824. The number of benzene rings is 1. The van der Waals surface area contributed by atoms with Crippen LogP contribution in [0.25, 0.3) is 0 Å². The maximum atomic E-state index is 12.9. The smallest absolute Gasteiger partial charge is 0.407 e. The van der Waals surface area contributed by atoms with Gasteiger partial charge in [0.1, 0.15) is 11.8 Å². The zero-order valence-electron chi connectivity index (χ0n) is 17.0. The van der Waals surface area contributed by atoms with Gasteiger partial charge in [0.05, 0.1) is 14.2 Å². The zero-order chi connectivity index (χ0) is 20.7. The van der Waals surface area contributed by atoms with Crippen molar-refractivity contribution in [2.45, 2.75) is 32.9 Å². The number of carbonyl (C=O) groups is 2. The molecule has 1 N–H and O–H groups in total. The number of ether oxygens (including phenoxy) is 2. The van der Waals surface area contributed by atoms with Gasteiger partial charge in [-0.15, -0.1) is 0 Å². The molecule has 7 nitrogen and oxygen atoms in total. The van der Waals surface area contributed by atoms with Crippen LogP contribution in [0.5, 0.6) is 5.75 Å². The highest BCUT2D eigenvalue weighted by Crippen LogP contribution is 2.24. The van der Waals surface area contributed by atoms with Crippen molar-refractivity contribution in [3.63, 3.8) is 0 Å². The van der Waals surface area contributed by atoms with Crippen LogP contribution in [-0.2, 0) is 16.1 Å². The van der Waals surface area contributed by atoms with E-state index in [1.165, 1.54) is 7.11 Å². The molecule has 1 aromatic carbocycles. The Morgan fingerprint density at radius 2 is 1.86 bits per heavy atom. The summed E-state index contributed by atoms with van der Waals surface area (Å²) < 4.78 is 10.1. The van der Waals surface area contributed by atoms with E-state index in [0.29, 0.717) is 31.1 Å².